The van der Waals surface area contributed by atoms with Crippen molar-refractivity contribution in [2.24, 2.45) is 5.92 Å². The zero-order valence-electron chi connectivity index (χ0n) is 15.4. The highest BCUT2D eigenvalue weighted by Crippen LogP contribution is 2.13. The second-order valence-electron chi connectivity index (χ2n) is 6.70. The van der Waals surface area contributed by atoms with Gasteiger partial charge < -0.3 is 20.4 Å². The summed E-state index contributed by atoms with van der Waals surface area (Å²) >= 11 is 0. The number of anilines is 2. The topological polar surface area (TPSA) is 87.5 Å². The molecular formula is C20H23N5O2. The van der Waals surface area contributed by atoms with Crippen LogP contribution in [0.1, 0.15) is 30.6 Å². The van der Waals surface area contributed by atoms with Gasteiger partial charge >= 0.3 is 6.03 Å². The number of pyridine rings is 1. The molecule has 0 fully saturated rings. The fourth-order valence-electron chi connectivity index (χ4n) is 2.56. The molecule has 0 aliphatic carbocycles. The van der Waals surface area contributed by atoms with Gasteiger partial charge in [0.05, 0.1) is 0 Å². The minimum atomic E-state index is -0.361. The summed E-state index contributed by atoms with van der Waals surface area (Å²) in [5, 5.41) is 8.40. The van der Waals surface area contributed by atoms with Crippen LogP contribution >= 0.6 is 0 Å². The highest BCUT2D eigenvalue weighted by Gasteiger charge is 2.07. The Morgan fingerprint density at radius 2 is 1.78 bits per heavy atom. The van der Waals surface area contributed by atoms with Gasteiger partial charge in [-0.3, -0.25) is 4.79 Å². The lowest BCUT2D eigenvalue weighted by atomic mass is 10.1. The van der Waals surface area contributed by atoms with Crippen LogP contribution in [-0.4, -0.2) is 27.9 Å². The molecule has 0 aliphatic heterocycles. The van der Waals surface area contributed by atoms with Gasteiger partial charge in [-0.15, -0.1) is 0 Å². The van der Waals surface area contributed by atoms with Crippen molar-refractivity contribution in [1.82, 2.24) is 14.7 Å². The maximum atomic E-state index is 12.2. The molecule has 0 saturated heterocycles. The first kappa shape index (κ1) is 18.4. The summed E-state index contributed by atoms with van der Waals surface area (Å²) < 4.78 is 1.86. The van der Waals surface area contributed by atoms with Crippen molar-refractivity contribution in [3.63, 3.8) is 0 Å². The van der Waals surface area contributed by atoms with E-state index in [1.165, 1.54) is 0 Å². The van der Waals surface area contributed by atoms with Gasteiger partial charge in [-0.1, -0.05) is 13.8 Å². The first-order chi connectivity index (χ1) is 13.0. The Labute approximate surface area is 157 Å². The lowest BCUT2D eigenvalue weighted by Crippen LogP contribution is -2.25. The number of hydrogen-bond donors (Lipinski definition) is 3. The molecule has 0 aliphatic rings. The van der Waals surface area contributed by atoms with E-state index in [0.29, 0.717) is 29.4 Å². The Bertz CT molecular complexity index is 931. The molecular weight excluding hydrogens is 342 g/mol. The van der Waals surface area contributed by atoms with Crippen molar-refractivity contribution in [3.05, 3.63) is 60.6 Å². The average molecular weight is 365 g/mol. The van der Waals surface area contributed by atoms with Gasteiger partial charge in [0, 0.05) is 48.1 Å². The number of imidazole rings is 1. The van der Waals surface area contributed by atoms with Crippen molar-refractivity contribution in [2.75, 3.05) is 17.2 Å². The van der Waals surface area contributed by atoms with Crippen LogP contribution in [-0.2, 0) is 0 Å². The van der Waals surface area contributed by atoms with E-state index in [-0.39, 0.29) is 11.9 Å². The van der Waals surface area contributed by atoms with Crippen LogP contribution in [0.15, 0.2) is 55.0 Å². The molecule has 0 unspecified atom stereocenters. The fourth-order valence-corrected chi connectivity index (χ4v) is 2.56. The van der Waals surface area contributed by atoms with Crippen LogP contribution in [0.2, 0.25) is 0 Å². The summed E-state index contributed by atoms with van der Waals surface area (Å²) in [7, 11) is 0. The van der Waals surface area contributed by atoms with Gasteiger partial charge in [0.1, 0.15) is 5.65 Å². The van der Waals surface area contributed by atoms with E-state index in [4.69, 9.17) is 0 Å². The Morgan fingerprint density at radius 1 is 1.04 bits per heavy atom. The van der Waals surface area contributed by atoms with Gasteiger partial charge in [-0.25, -0.2) is 9.78 Å². The van der Waals surface area contributed by atoms with Gasteiger partial charge in [0.25, 0.3) is 5.91 Å². The first-order valence-electron chi connectivity index (χ1n) is 8.90. The van der Waals surface area contributed by atoms with Crippen molar-refractivity contribution in [3.8, 4) is 0 Å². The Balaban J connectivity index is 1.54. The Kier molecular flexibility index (Phi) is 5.71. The van der Waals surface area contributed by atoms with Crippen molar-refractivity contribution in [1.29, 1.82) is 0 Å². The summed E-state index contributed by atoms with van der Waals surface area (Å²) in [4.78, 5) is 28.4. The molecule has 7 nitrogen and oxygen atoms in total. The molecule has 0 spiro atoms. The molecule has 0 atom stereocenters. The third-order valence-electron chi connectivity index (χ3n) is 4.07. The highest BCUT2D eigenvalue weighted by atomic mass is 16.2. The van der Waals surface area contributed by atoms with Crippen LogP contribution in [0.25, 0.3) is 5.65 Å². The number of aromatic nitrogens is 2. The van der Waals surface area contributed by atoms with Crippen LogP contribution in [0.3, 0.4) is 0 Å². The van der Waals surface area contributed by atoms with E-state index in [2.05, 4.69) is 34.8 Å². The third kappa shape index (κ3) is 5.07. The van der Waals surface area contributed by atoms with E-state index in [1.807, 2.05) is 16.8 Å². The SMILES string of the molecule is CC(C)CCNC(=O)c1ccc(NC(=O)Nc2ccn3ccnc3c2)cc1. The molecule has 1 aromatic carbocycles. The smallest absolute Gasteiger partial charge is 0.323 e. The number of hydrogen-bond acceptors (Lipinski definition) is 3. The van der Waals surface area contributed by atoms with E-state index >= 15 is 0 Å². The van der Waals surface area contributed by atoms with E-state index in [0.717, 1.165) is 12.1 Å². The molecule has 140 valence electrons. The molecule has 27 heavy (non-hydrogen) atoms. The summed E-state index contributed by atoms with van der Waals surface area (Å²) in [6.07, 6.45) is 6.29. The number of amides is 3. The second kappa shape index (κ2) is 8.35. The van der Waals surface area contributed by atoms with Gasteiger partial charge in [0.15, 0.2) is 0 Å². The Hall–Kier alpha value is -3.35. The molecule has 3 rings (SSSR count). The molecule has 2 aromatic heterocycles. The van der Waals surface area contributed by atoms with Gasteiger partial charge in [-0.2, -0.15) is 0 Å². The minimum Gasteiger partial charge on any atom is -0.352 e. The molecule has 0 radical (unpaired) electrons. The third-order valence-corrected chi connectivity index (χ3v) is 4.07. The standard InChI is InChI=1S/C20H23N5O2/c1-14(2)7-9-22-19(26)15-3-5-16(6-4-15)23-20(27)24-17-8-11-25-12-10-21-18(25)13-17/h3-6,8,10-14H,7,9H2,1-2H3,(H,22,26)(H2,23,24,27). The zero-order chi connectivity index (χ0) is 19.2. The number of nitrogens with zero attached hydrogens (tertiary/aromatic N) is 2. The zero-order valence-corrected chi connectivity index (χ0v) is 15.4. The van der Waals surface area contributed by atoms with Crippen LogP contribution in [0, 0.1) is 5.92 Å². The molecule has 3 N–H and O–H groups in total. The molecule has 0 bridgehead atoms. The van der Waals surface area contributed by atoms with Crippen molar-refractivity contribution >= 4 is 29.0 Å². The summed E-state index contributed by atoms with van der Waals surface area (Å²) in [5.74, 6) is 0.434. The van der Waals surface area contributed by atoms with Gasteiger partial charge in [0.2, 0.25) is 0 Å². The molecule has 3 aromatic rings. The molecule has 0 saturated carbocycles. The maximum Gasteiger partial charge on any atom is 0.323 e. The van der Waals surface area contributed by atoms with Crippen LogP contribution in [0.4, 0.5) is 16.2 Å². The first-order valence-corrected chi connectivity index (χ1v) is 8.90. The summed E-state index contributed by atoms with van der Waals surface area (Å²) in [6.45, 7) is 4.88. The second-order valence-corrected chi connectivity index (χ2v) is 6.70. The number of urea groups is 1. The number of fused-ring (bicyclic) bond motifs is 1. The number of nitrogens with one attached hydrogen (secondary N) is 3. The quantitative estimate of drug-likeness (QED) is 0.622. The van der Waals surface area contributed by atoms with E-state index in [9.17, 15) is 9.59 Å². The van der Waals surface area contributed by atoms with Gasteiger partial charge in [-0.05, 0) is 42.7 Å². The average Bonchev–Trinajstić information content (AvgIpc) is 3.09. The lowest BCUT2D eigenvalue weighted by Gasteiger charge is -2.09. The van der Waals surface area contributed by atoms with Crippen molar-refractivity contribution in [2.45, 2.75) is 20.3 Å². The maximum absolute atomic E-state index is 12.2. The number of rotatable bonds is 6. The van der Waals surface area contributed by atoms with Crippen LogP contribution in [0.5, 0.6) is 0 Å². The molecule has 3 amide bonds. The minimum absolute atomic E-state index is 0.111. The van der Waals surface area contributed by atoms with E-state index in [1.54, 1.807) is 42.6 Å². The number of carbonyl (C=O) groups is 2. The normalized spacial score (nSPS) is 10.8. The number of carbonyl (C=O) groups excluding carboxylic acids is 2. The summed E-state index contributed by atoms with van der Waals surface area (Å²) in [6, 6.07) is 10.0. The van der Waals surface area contributed by atoms with Crippen molar-refractivity contribution < 1.29 is 9.59 Å². The monoisotopic (exact) mass is 365 g/mol. The highest BCUT2D eigenvalue weighted by molar-refractivity contribution is 6.00. The largest absolute Gasteiger partial charge is 0.352 e. The number of benzene rings is 1. The fraction of sp³-hybridized carbons (Fsp3) is 0.250. The Morgan fingerprint density at radius 3 is 2.52 bits per heavy atom. The van der Waals surface area contributed by atoms with Crippen LogP contribution < -0.4 is 16.0 Å². The predicted octanol–water partition coefficient (Wildman–Crippen LogP) is 3.75. The molecule has 7 heteroatoms. The predicted molar refractivity (Wildman–Crippen MR) is 106 cm³/mol. The summed E-state index contributed by atoms with van der Waals surface area (Å²) in [5.41, 5.74) is 2.57. The lowest BCUT2D eigenvalue weighted by molar-refractivity contribution is 0.0952. The van der Waals surface area contributed by atoms with E-state index < -0.39 is 0 Å². The molecule has 2 heterocycles.